The van der Waals surface area contributed by atoms with Crippen LogP contribution < -0.4 is 30.0 Å². The molecular formula is C30H26N2O7S2. The van der Waals surface area contributed by atoms with Crippen molar-refractivity contribution in [3.05, 3.63) is 114 Å². The van der Waals surface area contributed by atoms with Gasteiger partial charge < -0.3 is 19.9 Å². The van der Waals surface area contributed by atoms with Crippen molar-refractivity contribution in [2.75, 3.05) is 21.3 Å². The van der Waals surface area contributed by atoms with Crippen molar-refractivity contribution in [2.45, 2.75) is 10.8 Å². The Morgan fingerprint density at radius 1 is 0.927 bits per heavy atom. The van der Waals surface area contributed by atoms with Gasteiger partial charge in [-0.25, -0.2) is 13.2 Å². The van der Waals surface area contributed by atoms with Gasteiger partial charge in [0.1, 0.15) is 26.9 Å². The number of methoxy groups -OCH3 is 3. The van der Waals surface area contributed by atoms with Crippen molar-refractivity contribution in [1.29, 1.82) is 0 Å². The molecule has 1 aliphatic heterocycles. The molecule has 0 saturated carbocycles. The number of hydrogen-bond donors (Lipinski definition) is 1. The summed E-state index contributed by atoms with van der Waals surface area (Å²) in [6.07, 6.45) is 1.63. The second-order valence-corrected chi connectivity index (χ2v) is 12.0. The van der Waals surface area contributed by atoms with Crippen molar-refractivity contribution in [1.82, 2.24) is 4.57 Å². The number of carbonyl (C=O) groups is 1. The minimum atomic E-state index is -4.32. The largest absolute Gasteiger partial charge is 0.497 e. The monoisotopic (exact) mass is 590 g/mol. The lowest BCUT2D eigenvalue weighted by Gasteiger charge is -2.28. The predicted molar refractivity (Wildman–Crippen MR) is 157 cm³/mol. The van der Waals surface area contributed by atoms with Crippen LogP contribution in [0.1, 0.15) is 17.0 Å². The Morgan fingerprint density at radius 2 is 1.59 bits per heavy atom. The van der Waals surface area contributed by atoms with Gasteiger partial charge in [-0.05, 0) is 53.6 Å². The third-order valence-corrected chi connectivity index (χ3v) is 9.69. The second-order valence-electron chi connectivity index (χ2n) is 9.01. The molecule has 0 spiro atoms. The Balaban J connectivity index is 1.92. The maximum Gasteiger partial charge on any atom is 0.337 e. The van der Waals surface area contributed by atoms with E-state index in [1.54, 1.807) is 72.8 Å². The Hall–Kier alpha value is -4.61. The van der Waals surface area contributed by atoms with Crippen LogP contribution in [-0.4, -0.2) is 40.3 Å². The highest BCUT2D eigenvalue weighted by molar-refractivity contribution is 7.95. The van der Waals surface area contributed by atoms with E-state index in [4.69, 9.17) is 19.9 Å². The summed E-state index contributed by atoms with van der Waals surface area (Å²) in [5, 5.41) is 0. The fourth-order valence-electron chi connectivity index (χ4n) is 4.75. The van der Waals surface area contributed by atoms with Gasteiger partial charge in [-0.1, -0.05) is 42.5 Å². The van der Waals surface area contributed by atoms with E-state index in [2.05, 4.69) is 0 Å². The van der Waals surface area contributed by atoms with Gasteiger partial charge in [0.15, 0.2) is 0 Å². The third-order valence-electron chi connectivity index (χ3n) is 6.67. The van der Waals surface area contributed by atoms with Crippen LogP contribution in [0.2, 0.25) is 0 Å². The number of rotatable bonds is 7. The molecule has 0 aliphatic carbocycles. The summed E-state index contributed by atoms with van der Waals surface area (Å²) >= 11 is 1.02. The number of fused-ring (bicyclic) bond motifs is 1. The molecule has 1 atom stereocenters. The molecule has 210 valence electrons. The van der Waals surface area contributed by atoms with Crippen LogP contribution in [0.4, 0.5) is 0 Å². The van der Waals surface area contributed by atoms with Crippen molar-refractivity contribution < 1.29 is 27.4 Å². The normalized spacial score (nSPS) is 15.4. The van der Waals surface area contributed by atoms with Crippen LogP contribution in [0.25, 0.3) is 17.5 Å². The Kier molecular flexibility index (Phi) is 7.57. The molecule has 0 saturated heterocycles. The number of hydrogen-bond acceptors (Lipinski definition) is 9. The zero-order valence-corrected chi connectivity index (χ0v) is 24.0. The molecule has 0 unspecified atom stereocenters. The quantitative estimate of drug-likeness (QED) is 0.325. The molecule has 0 radical (unpaired) electrons. The summed E-state index contributed by atoms with van der Waals surface area (Å²) in [7, 11) is -0.102. The first-order valence-electron chi connectivity index (χ1n) is 12.4. The lowest BCUT2D eigenvalue weighted by molar-refractivity contribution is -0.134. The number of nitrogens with two attached hydrogens (primary N) is 1. The summed E-state index contributed by atoms with van der Waals surface area (Å²) in [5.41, 5.74) is 7.10. The van der Waals surface area contributed by atoms with Crippen LogP contribution in [0.15, 0.2) is 93.5 Å². The van der Waals surface area contributed by atoms with Crippen LogP contribution in [0.5, 0.6) is 11.5 Å². The molecule has 9 nitrogen and oxygen atoms in total. The van der Waals surface area contributed by atoms with Crippen molar-refractivity contribution in [3.63, 3.8) is 0 Å². The van der Waals surface area contributed by atoms with Crippen molar-refractivity contribution in [3.8, 4) is 11.5 Å². The summed E-state index contributed by atoms with van der Waals surface area (Å²) in [6, 6.07) is 21.5. The molecule has 0 bridgehead atoms. The molecule has 0 fully saturated rings. The molecule has 1 aliphatic rings. The average Bonchev–Trinajstić information content (AvgIpc) is 3.32. The molecule has 2 heterocycles. The number of esters is 1. The SMILES string of the molecule is COC(=O)C1=c2s/c(=C/c3cccc(OC)c3)c(=O)n2C(N)=C(S(=O)(=O)c2ccccc2)[C@H]1c1cccc(OC)c1. The van der Waals surface area contributed by atoms with Crippen molar-refractivity contribution >= 4 is 44.6 Å². The molecular weight excluding hydrogens is 564 g/mol. The average molecular weight is 591 g/mol. The van der Waals surface area contributed by atoms with Gasteiger partial charge in [-0.2, -0.15) is 0 Å². The highest BCUT2D eigenvalue weighted by Crippen LogP contribution is 2.42. The summed E-state index contributed by atoms with van der Waals surface area (Å²) in [4.78, 5) is 26.9. The molecule has 1 aromatic heterocycles. The van der Waals surface area contributed by atoms with E-state index < -0.39 is 27.3 Å². The van der Waals surface area contributed by atoms with Gasteiger partial charge in [0, 0.05) is 0 Å². The van der Waals surface area contributed by atoms with Crippen LogP contribution in [-0.2, 0) is 19.4 Å². The van der Waals surface area contributed by atoms with Gasteiger partial charge in [-0.15, -0.1) is 11.3 Å². The Morgan fingerprint density at radius 3 is 2.24 bits per heavy atom. The van der Waals surface area contributed by atoms with Crippen LogP contribution in [0.3, 0.4) is 0 Å². The van der Waals surface area contributed by atoms with E-state index in [0.29, 0.717) is 22.6 Å². The molecule has 2 N–H and O–H groups in total. The van der Waals surface area contributed by atoms with E-state index in [0.717, 1.165) is 15.9 Å². The third kappa shape index (κ3) is 4.94. The van der Waals surface area contributed by atoms with Gasteiger partial charge in [0.25, 0.3) is 5.56 Å². The summed E-state index contributed by atoms with van der Waals surface area (Å²) in [6.45, 7) is 0. The number of ether oxygens (including phenoxy) is 3. The van der Waals surface area contributed by atoms with Crippen LogP contribution >= 0.6 is 11.3 Å². The van der Waals surface area contributed by atoms with Crippen molar-refractivity contribution in [2.24, 2.45) is 5.73 Å². The minimum Gasteiger partial charge on any atom is -0.497 e. The maximum absolute atomic E-state index is 14.2. The molecule has 41 heavy (non-hydrogen) atoms. The van der Waals surface area contributed by atoms with Gasteiger partial charge in [0.2, 0.25) is 9.84 Å². The summed E-state index contributed by atoms with van der Waals surface area (Å²) in [5.74, 6) is -1.24. The number of allylic oxidation sites excluding steroid dienone is 1. The lowest BCUT2D eigenvalue weighted by Crippen LogP contribution is -2.41. The Labute approximate surface area is 240 Å². The molecule has 4 aromatic rings. The smallest absolute Gasteiger partial charge is 0.337 e. The number of carbonyl (C=O) groups excluding carboxylic acids is 1. The topological polar surface area (TPSA) is 127 Å². The Bertz CT molecular complexity index is 1970. The number of benzene rings is 3. The van der Waals surface area contributed by atoms with E-state index in [1.165, 1.54) is 33.5 Å². The highest BCUT2D eigenvalue weighted by Gasteiger charge is 2.42. The van der Waals surface area contributed by atoms with E-state index >= 15 is 0 Å². The maximum atomic E-state index is 14.2. The molecule has 3 aromatic carbocycles. The first-order valence-corrected chi connectivity index (χ1v) is 14.7. The standard InChI is InChI=1S/C30H26N2O7S2/c1-37-20-11-7-9-18(15-20)16-23-28(33)32-27(31)26(41(35,36)22-13-5-4-6-14-22)24(19-10-8-12-21(17-19)38-2)25(29(32)40-23)30(34)39-3/h4-17,24H,31H2,1-3H3/b23-16+/t24-/m0/s1. The molecule has 0 amide bonds. The molecule has 5 rings (SSSR count). The van der Waals surface area contributed by atoms with E-state index in [9.17, 15) is 18.0 Å². The number of aromatic nitrogens is 1. The highest BCUT2D eigenvalue weighted by atomic mass is 32.2. The fraction of sp³-hybridized carbons (Fsp3) is 0.133. The lowest BCUT2D eigenvalue weighted by atomic mass is 9.89. The number of nitrogens with zero attached hydrogens (tertiary/aromatic N) is 1. The minimum absolute atomic E-state index is 0.0307. The van der Waals surface area contributed by atoms with E-state index in [-0.39, 0.29) is 30.4 Å². The van der Waals surface area contributed by atoms with Gasteiger partial charge >= 0.3 is 5.97 Å². The van der Waals surface area contributed by atoms with E-state index in [1.807, 2.05) is 0 Å². The first kappa shape index (κ1) is 27.9. The summed E-state index contributed by atoms with van der Waals surface area (Å²) < 4.78 is 45.7. The van der Waals surface area contributed by atoms with Crippen LogP contribution in [0, 0.1) is 0 Å². The number of sulfone groups is 1. The second kappa shape index (κ2) is 11.1. The predicted octanol–water partition coefficient (Wildman–Crippen LogP) is 2.44. The van der Waals surface area contributed by atoms with Gasteiger partial charge in [-0.3, -0.25) is 9.36 Å². The first-order chi connectivity index (χ1) is 19.7. The molecule has 11 heteroatoms. The fourth-order valence-corrected chi connectivity index (χ4v) is 7.62. The number of thiazole rings is 1. The van der Waals surface area contributed by atoms with Gasteiger partial charge in [0.05, 0.1) is 42.2 Å². The zero-order chi connectivity index (χ0) is 29.3. The zero-order valence-electron chi connectivity index (χ0n) is 22.4.